The Morgan fingerprint density at radius 3 is 2.75 bits per heavy atom. The summed E-state index contributed by atoms with van der Waals surface area (Å²) >= 11 is 0. The Balaban J connectivity index is 2.22. The first-order valence-electron chi connectivity index (χ1n) is 5.95. The summed E-state index contributed by atoms with van der Waals surface area (Å²) in [5.74, 6) is -0.541. The normalized spacial score (nSPS) is 37.2. The van der Waals surface area contributed by atoms with Gasteiger partial charge >= 0.3 is 5.97 Å². The van der Waals surface area contributed by atoms with Crippen LogP contribution in [0, 0.1) is 5.92 Å². The zero-order valence-corrected chi connectivity index (χ0v) is 9.74. The Labute approximate surface area is 95.8 Å². The van der Waals surface area contributed by atoms with E-state index in [1.807, 2.05) is 6.92 Å². The molecule has 92 valence electrons. The fourth-order valence-electron chi connectivity index (χ4n) is 2.90. The lowest BCUT2D eigenvalue weighted by Crippen LogP contribution is -2.66. The number of piperidine rings is 1. The van der Waals surface area contributed by atoms with Gasteiger partial charge in [-0.3, -0.25) is 9.69 Å². The molecule has 0 radical (unpaired) electrons. The van der Waals surface area contributed by atoms with Gasteiger partial charge in [-0.15, -0.1) is 0 Å². The highest BCUT2D eigenvalue weighted by Gasteiger charge is 2.49. The van der Waals surface area contributed by atoms with Crippen molar-refractivity contribution in [1.29, 1.82) is 0 Å². The van der Waals surface area contributed by atoms with E-state index in [-0.39, 0.29) is 5.92 Å². The Bertz CT molecular complexity index is 266. The van der Waals surface area contributed by atoms with Crippen LogP contribution in [0.1, 0.15) is 13.3 Å². The third-order valence-corrected chi connectivity index (χ3v) is 3.89. The van der Waals surface area contributed by atoms with Gasteiger partial charge in [0.05, 0.1) is 13.2 Å². The van der Waals surface area contributed by atoms with Gasteiger partial charge in [0.15, 0.2) is 0 Å². The van der Waals surface area contributed by atoms with Crippen molar-refractivity contribution >= 4 is 5.97 Å². The predicted molar refractivity (Wildman–Crippen MR) is 59.4 cm³/mol. The molecule has 2 saturated heterocycles. The molecule has 16 heavy (non-hydrogen) atoms. The number of hydrogen-bond donors (Lipinski definition) is 2. The molecular weight excluding hydrogens is 208 g/mol. The molecule has 0 saturated carbocycles. The first-order valence-corrected chi connectivity index (χ1v) is 5.95. The van der Waals surface area contributed by atoms with Crippen molar-refractivity contribution < 1.29 is 14.6 Å². The fraction of sp³-hybridized carbons (Fsp3) is 0.909. The second-order valence-corrected chi connectivity index (χ2v) is 4.68. The lowest BCUT2D eigenvalue weighted by Gasteiger charge is -2.48. The number of nitrogens with zero attached hydrogens (tertiary/aromatic N) is 1. The number of carboxylic acids is 1. The molecule has 2 rings (SSSR count). The molecular formula is C11H20N2O3. The average molecular weight is 228 g/mol. The number of carbonyl (C=O) groups is 1. The van der Waals surface area contributed by atoms with Gasteiger partial charge in [0, 0.05) is 19.6 Å². The summed E-state index contributed by atoms with van der Waals surface area (Å²) in [5.41, 5.74) is -0.685. The Morgan fingerprint density at radius 1 is 1.50 bits per heavy atom. The van der Waals surface area contributed by atoms with Crippen LogP contribution in [0.5, 0.6) is 0 Å². The van der Waals surface area contributed by atoms with Gasteiger partial charge in [-0.05, 0) is 18.9 Å². The molecule has 2 aliphatic rings. The number of carboxylic acid groups (broad SMARTS) is 1. The third-order valence-electron chi connectivity index (χ3n) is 3.89. The topological polar surface area (TPSA) is 61.8 Å². The number of nitrogens with one attached hydrogen (secondary N) is 1. The van der Waals surface area contributed by atoms with Gasteiger partial charge in [0.1, 0.15) is 5.54 Å². The maximum absolute atomic E-state index is 11.7. The lowest BCUT2D eigenvalue weighted by atomic mass is 9.77. The molecule has 0 spiro atoms. The first kappa shape index (κ1) is 11.8. The minimum absolute atomic E-state index is 0.136. The number of ether oxygens (including phenoxy) is 1. The van der Waals surface area contributed by atoms with Gasteiger partial charge in [0.2, 0.25) is 0 Å². The fourth-order valence-corrected chi connectivity index (χ4v) is 2.90. The van der Waals surface area contributed by atoms with Crippen molar-refractivity contribution in [2.24, 2.45) is 5.92 Å². The molecule has 0 aliphatic carbocycles. The standard InChI is InChI=1S/C11H20N2O3/c1-9-8-12-3-2-11(9,10(14)15)13-4-6-16-7-5-13/h9,12H,2-8H2,1H3,(H,14,15). The van der Waals surface area contributed by atoms with Crippen molar-refractivity contribution in [3.05, 3.63) is 0 Å². The second-order valence-electron chi connectivity index (χ2n) is 4.68. The zero-order valence-electron chi connectivity index (χ0n) is 9.74. The van der Waals surface area contributed by atoms with Crippen molar-refractivity contribution in [2.75, 3.05) is 39.4 Å². The van der Waals surface area contributed by atoms with E-state index in [1.54, 1.807) is 0 Å². The molecule has 0 aromatic rings. The van der Waals surface area contributed by atoms with Gasteiger partial charge in [-0.1, -0.05) is 6.92 Å². The van der Waals surface area contributed by atoms with Crippen LogP contribution < -0.4 is 5.32 Å². The number of rotatable bonds is 2. The molecule has 2 fully saturated rings. The molecule has 2 aliphatic heterocycles. The number of aliphatic carboxylic acids is 1. The maximum Gasteiger partial charge on any atom is 0.324 e. The average Bonchev–Trinajstić information content (AvgIpc) is 2.30. The van der Waals surface area contributed by atoms with Crippen molar-refractivity contribution in [1.82, 2.24) is 10.2 Å². The van der Waals surface area contributed by atoms with Crippen molar-refractivity contribution in [3.63, 3.8) is 0 Å². The predicted octanol–water partition coefficient (Wildman–Crippen LogP) is -0.229. The smallest absolute Gasteiger partial charge is 0.324 e. The van der Waals surface area contributed by atoms with E-state index in [0.29, 0.717) is 19.6 Å². The Hall–Kier alpha value is -0.650. The number of hydrogen-bond acceptors (Lipinski definition) is 4. The van der Waals surface area contributed by atoms with E-state index in [1.165, 1.54) is 0 Å². The van der Waals surface area contributed by atoms with E-state index in [4.69, 9.17) is 4.74 Å². The minimum atomic E-state index is -0.685. The second kappa shape index (κ2) is 4.69. The summed E-state index contributed by atoms with van der Waals surface area (Å²) < 4.78 is 5.30. The van der Waals surface area contributed by atoms with Gasteiger partial charge < -0.3 is 15.2 Å². The SMILES string of the molecule is CC1CNCCC1(C(=O)O)N1CCOCC1. The van der Waals surface area contributed by atoms with Gasteiger partial charge in [-0.25, -0.2) is 0 Å². The highest BCUT2D eigenvalue weighted by Crippen LogP contribution is 2.32. The molecule has 0 aromatic heterocycles. The minimum Gasteiger partial charge on any atom is -0.480 e. The molecule has 0 amide bonds. The summed E-state index contributed by atoms with van der Waals surface area (Å²) in [6.45, 7) is 6.35. The van der Waals surface area contributed by atoms with E-state index in [0.717, 1.165) is 26.2 Å². The third kappa shape index (κ3) is 1.83. The van der Waals surface area contributed by atoms with E-state index in [9.17, 15) is 9.90 Å². The van der Waals surface area contributed by atoms with Crippen LogP contribution in [0.15, 0.2) is 0 Å². The summed E-state index contributed by atoms with van der Waals surface area (Å²) in [5, 5.41) is 12.9. The highest BCUT2D eigenvalue weighted by molar-refractivity contribution is 5.79. The van der Waals surface area contributed by atoms with Crippen LogP contribution in [0.2, 0.25) is 0 Å². The van der Waals surface area contributed by atoms with Crippen LogP contribution in [0.4, 0.5) is 0 Å². The molecule has 2 unspecified atom stereocenters. The molecule has 2 atom stereocenters. The van der Waals surface area contributed by atoms with Crippen molar-refractivity contribution in [3.8, 4) is 0 Å². The summed E-state index contributed by atoms with van der Waals surface area (Å²) in [7, 11) is 0. The zero-order chi connectivity index (χ0) is 11.6. The Kier molecular flexibility index (Phi) is 3.47. The molecule has 0 bridgehead atoms. The molecule has 2 N–H and O–H groups in total. The van der Waals surface area contributed by atoms with Gasteiger partial charge in [-0.2, -0.15) is 0 Å². The van der Waals surface area contributed by atoms with Crippen LogP contribution in [-0.4, -0.2) is 60.9 Å². The highest BCUT2D eigenvalue weighted by atomic mass is 16.5. The lowest BCUT2D eigenvalue weighted by molar-refractivity contribution is -0.162. The monoisotopic (exact) mass is 228 g/mol. The molecule has 5 nitrogen and oxygen atoms in total. The molecule has 2 heterocycles. The quantitative estimate of drug-likeness (QED) is 0.683. The van der Waals surface area contributed by atoms with Crippen LogP contribution in [0.3, 0.4) is 0 Å². The molecule has 0 aromatic carbocycles. The summed E-state index contributed by atoms with van der Waals surface area (Å²) in [6, 6.07) is 0. The largest absolute Gasteiger partial charge is 0.480 e. The first-order chi connectivity index (χ1) is 7.68. The van der Waals surface area contributed by atoms with Crippen LogP contribution >= 0.6 is 0 Å². The summed E-state index contributed by atoms with van der Waals surface area (Å²) in [4.78, 5) is 13.8. The van der Waals surface area contributed by atoms with E-state index >= 15 is 0 Å². The van der Waals surface area contributed by atoms with Gasteiger partial charge in [0.25, 0.3) is 0 Å². The maximum atomic E-state index is 11.7. The Morgan fingerprint density at radius 2 is 2.19 bits per heavy atom. The van der Waals surface area contributed by atoms with E-state index in [2.05, 4.69) is 10.2 Å². The van der Waals surface area contributed by atoms with Crippen molar-refractivity contribution in [2.45, 2.75) is 18.9 Å². The van der Waals surface area contributed by atoms with Crippen LogP contribution in [0.25, 0.3) is 0 Å². The van der Waals surface area contributed by atoms with E-state index < -0.39 is 11.5 Å². The molecule has 5 heteroatoms. The summed E-state index contributed by atoms with van der Waals surface area (Å²) in [6.07, 6.45) is 0.684. The van der Waals surface area contributed by atoms with Crippen LogP contribution in [-0.2, 0) is 9.53 Å². The number of morpholine rings is 1.